The Balaban J connectivity index is 2.27. The third kappa shape index (κ3) is 5.41. The van der Waals surface area contributed by atoms with Crippen LogP contribution in [0.25, 0.3) is 0 Å². The molecule has 1 saturated heterocycles. The van der Waals surface area contributed by atoms with Crippen LogP contribution in [-0.2, 0) is 9.16 Å². The maximum Gasteiger partial charge on any atom is 0.186 e. The van der Waals surface area contributed by atoms with E-state index in [2.05, 4.69) is 18.4 Å². The zero-order valence-corrected chi connectivity index (χ0v) is 9.77. The van der Waals surface area contributed by atoms with E-state index in [1.807, 2.05) is 0 Å². The van der Waals surface area contributed by atoms with Gasteiger partial charge in [-0.1, -0.05) is 0 Å². The molecule has 1 aliphatic rings. The molecule has 0 aliphatic carbocycles. The van der Waals surface area contributed by atoms with Crippen molar-refractivity contribution in [1.82, 2.24) is 5.32 Å². The van der Waals surface area contributed by atoms with Gasteiger partial charge in [-0.25, -0.2) is 0 Å². The summed E-state index contributed by atoms with van der Waals surface area (Å²) >= 11 is 0. The monoisotopic (exact) mass is 203 g/mol. The quantitative estimate of drug-likeness (QED) is 0.601. The van der Waals surface area contributed by atoms with E-state index in [4.69, 9.17) is 9.16 Å². The predicted octanol–water partition coefficient (Wildman–Crippen LogP) is 1.22. The van der Waals surface area contributed by atoms with Gasteiger partial charge in [-0.3, -0.25) is 0 Å². The summed E-state index contributed by atoms with van der Waals surface area (Å²) in [5.74, 6) is 0. The third-order valence-electron chi connectivity index (χ3n) is 2.28. The Labute approximate surface area is 81.9 Å². The van der Waals surface area contributed by atoms with Crippen molar-refractivity contribution in [2.45, 2.75) is 25.6 Å². The Kier molecular flexibility index (Phi) is 4.94. The van der Waals surface area contributed by atoms with Crippen molar-refractivity contribution < 1.29 is 9.16 Å². The molecule has 0 radical (unpaired) electrons. The molecule has 1 N–H and O–H groups in total. The van der Waals surface area contributed by atoms with Crippen LogP contribution in [0, 0.1) is 0 Å². The summed E-state index contributed by atoms with van der Waals surface area (Å²) < 4.78 is 11.2. The zero-order valence-electron chi connectivity index (χ0n) is 8.77. The highest BCUT2D eigenvalue weighted by molar-refractivity contribution is 6.71. The smallest absolute Gasteiger partial charge is 0.186 e. The van der Waals surface area contributed by atoms with Gasteiger partial charge in [0.1, 0.15) is 0 Å². The average Bonchev–Trinajstić information content (AvgIpc) is 2.10. The Bertz CT molecular complexity index is 128. The molecule has 0 saturated carbocycles. The highest BCUT2D eigenvalue weighted by Crippen LogP contribution is 2.13. The van der Waals surface area contributed by atoms with Crippen molar-refractivity contribution in [1.29, 1.82) is 0 Å². The van der Waals surface area contributed by atoms with Gasteiger partial charge in [-0.05, 0) is 32.1 Å². The van der Waals surface area contributed by atoms with Crippen molar-refractivity contribution in [2.75, 3.05) is 32.9 Å². The van der Waals surface area contributed by atoms with Crippen LogP contribution in [0.2, 0.25) is 19.1 Å². The Morgan fingerprint density at radius 2 is 1.92 bits per heavy atom. The van der Waals surface area contributed by atoms with Crippen LogP contribution in [0.5, 0.6) is 0 Å². The third-order valence-corrected chi connectivity index (χ3v) is 4.82. The Morgan fingerprint density at radius 1 is 1.08 bits per heavy atom. The maximum absolute atomic E-state index is 5.85. The van der Waals surface area contributed by atoms with Gasteiger partial charge in [-0.15, -0.1) is 0 Å². The van der Waals surface area contributed by atoms with Crippen molar-refractivity contribution in [3.05, 3.63) is 0 Å². The molecule has 0 bridgehead atoms. The van der Waals surface area contributed by atoms with E-state index in [0.717, 1.165) is 32.9 Å². The molecule has 0 aromatic carbocycles. The van der Waals surface area contributed by atoms with Crippen LogP contribution >= 0.6 is 0 Å². The second-order valence-electron chi connectivity index (χ2n) is 4.07. The molecule has 78 valence electrons. The van der Waals surface area contributed by atoms with Crippen LogP contribution in [0.1, 0.15) is 6.42 Å². The fourth-order valence-electron chi connectivity index (χ4n) is 1.46. The van der Waals surface area contributed by atoms with Crippen molar-refractivity contribution in [3.63, 3.8) is 0 Å². The molecule has 0 spiro atoms. The molecule has 0 unspecified atom stereocenters. The highest BCUT2D eigenvalue weighted by Gasteiger charge is 2.21. The van der Waals surface area contributed by atoms with E-state index in [9.17, 15) is 0 Å². The first-order chi connectivity index (χ1) is 6.21. The van der Waals surface area contributed by atoms with E-state index in [-0.39, 0.29) is 0 Å². The fourth-order valence-corrected chi connectivity index (χ4v) is 3.27. The Morgan fingerprint density at radius 3 is 2.77 bits per heavy atom. The minimum Gasteiger partial charge on any atom is -0.415 e. The minimum absolute atomic E-state index is 0.748. The molecular formula is C9H21NO2Si. The SMILES string of the molecule is C[Si]1(C)CCCNCCOCCO1. The first kappa shape index (κ1) is 11.2. The van der Waals surface area contributed by atoms with Crippen molar-refractivity contribution in [2.24, 2.45) is 0 Å². The van der Waals surface area contributed by atoms with Gasteiger partial charge in [0.15, 0.2) is 8.32 Å². The van der Waals surface area contributed by atoms with Crippen LogP contribution in [0.15, 0.2) is 0 Å². The first-order valence-electron chi connectivity index (χ1n) is 5.13. The Hall–Kier alpha value is 0.0969. The second kappa shape index (κ2) is 5.75. The zero-order chi connectivity index (χ0) is 9.57. The van der Waals surface area contributed by atoms with Gasteiger partial charge in [-0.2, -0.15) is 0 Å². The molecular weight excluding hydrogens is 182 g/mol. The fraction of sp³-hybridized carbons (Fsp3) is 1.00. The molecule has 0 atom stereocenters. The average molecular weight is 203 g/mol. The number of nitrogens with one attached hydrogen (secondary N) is 1. The van der Waals surface area contributed by atoms with Crippen LogP contribution in [-0.4, -0.2) is 41.2 Å². The van der Waals surface area contributed by atoms with Gasteiger partial charge in [0.2, 0.25) is 0 Å². The van der Waals surface area contributed by atoms with E-state index >= 15 is 0 Å². The van der Waals surface area contributed by atoms with Crippen LogP contribution in [0.3, 0.4) is 0 Å². The second-order valence-corrected chi connectivity index (χ2v) is 8.38. The van der Waals surface area contributed by atoms with E-state index in [0.29, 0.717) is 0 Å². The largest absolute Gasteiger partial charge is 0.415 e. The number of hydrogen-bond donors (Lipinski definition) is 1. The molecule has 13 heavy (non-hydrogen) atoms. The molecule has 0 aromatic heterocycles. The standard InChI is InChI=1S/C9H21NO2Si/c1-13(2)9-3-4-10-5-6-11-7-8-12-13/h10H,3-9H2,1-2H3. The van der Waals surface area contributed by atoms with Gasteiger partial charge < -0.3 is 14.5 Å². The predicted molar refractivity (Wildman–Crippen MR) is 56.5 cm³/mol. The summed E-state index contributed by atoms with van der Waals surface area (Å²) in [5, 5.41) is 3.36. The van der Waals surface area contributed by atoms with E-state index < -0.39 is 8.32 Å². The van der Waals surface area contributed by atoms with Crippen LogP contribution < -0.4 is 5.32 Å². The van der Waals surface area contributed by atoms with E-state index in [1.54, 1.807) is 0 Å². The van der Waals surface area contributed by atoms with Gasteiger partial charge in [0.05, 0.1) is 19.8 Å². The normalized spacial score (nSPS) is 26.3. The van der Waals surface area contributed by atoms with Crippen molar-refractivity contribution >= 4 is 8.32 Å². The molecule has 1 aliphatic heterocycles. The topological polar surface area (TPSA) is 30.5 Å². The molecule has 4 heteroatoms. The number of hydrogen-bond acceptors (Lipinski definition) is 3. The van der Waals surface area contributed by atoms with Gasteiger partial charge in [0.25, 0.3) is 0 Å². The molecule has 1 fully saturated rings. The first-order valence-corrected chi connectivity index (χ1v) is 8.25. The van der Waals surface area contributed by atoms with Crippen molar-refractivity contribution in [3.8, 4) is 0 Å². The minimum atomic E-state index is -1.37. The van der Waals surface area contributed by atoms with Crippen LogP contribution in [0.4, 0.5) is 0 Å². The summed E-state index contributed by atoms with van der Waals surface area (Å²) in [5.41, 5.74) is 0. The summed E-state index contributed by atoms with van der Waals surface area (Å²) in [7, 11) is -1.37. The lowest BCUT2D eigenvalue weighted by Gasteiger charge is -2.22. The number of rotatable bonds is 0. The molecule has 1 rings (SSSR count). The lowest BCUT2D eigenvalue weighted by molar-refractivity contribution is 0.100. The molecule has 0 aromatic rings. The molecule has 3 nitrogen and oxygen atoms in total. The molecule has 1 heterocycles. The lowest BCUT2D eigenvalue weighted by Crippen LogP contribution is -2.32. The lowest BCUT2D eigenvalue weighted by atomic mass is 10.5. The maximum atomic E-state index is 5.85. The summed E-state index contributed by atoms with van der Waals surface area (Å²) in [4.78, 5) is 0. The summed E-state index contributed by atoms with van der Waals surface area (Å²) in [6.07, 6.45) is 1.24. The number of ether oxygens (including phenoxy) is 1. The highest BCUT2D eigenvalue weighted by atomic mass is 28.4. The molecule has 0 amide bonds. The summed E-state index contributed by atoms with van der Waals surface area (Å²) in [6.45, 7) is 8.98. The van der Waals surface area contributed by atoms with Gasteiger partial charge in [0, 0.05) is 6.54 Å². The summed E-state index contributed by atoms with van der Waals surface area (Å²) in [6, 6.07) is 1.25. The van der Waals surface area contributed by atoms with E-state index in [1.165, 1.54) is 12.5 Å². The van der Waals surface area contributed by atoms with Gasteiger partial charge >= 0.3 is 0 Å².